The molecule has 1 aliphatic heterocycles. The fraction of sp³-hybridized carbons (Fsp3) is 0.562. The topological polar surface area (TPSA) is 20.3 Å². The standard InChI is InChI=1S/C16H23NOS/c1-4-17-9-10-19-15(16(17)18)14-7-5-13(6-8-14)11-12(2)3/h5-8,12,15H,4,9-11H2,1-3H3. The molecular formula is C16H23NOS. The van der Waals surface area contributed by atoms with Crippen LogP contribution in [-0.4, -0.2) is 29.6 Å². The molecule has 1 amide bonds. The smallest absolute Gasteiger partial charge is 0.240 e. The van der Waals surface area contributed by atoms with Crippen molar-refractivity contribution in [3.63, 3.8) is 0 Å². The van der Waals surface area contributed by atoms with E-state index in [9.17, 15) is 4.79 Å². The molecule has 1 aromatic rings. The van der Waals surface area contributed by atoms with Gasteiger partial charge in [-0.2, -0.15) is 0 Å². The zero-order valence-electron chi connectivity index (χ0n) is 12.1. The summed E-state index contributed by atoms with van der Waals surface area (Å²) in [6.45, 7) is 8.22. The largest absolute Gasteiger partial charge is 0.341 e. The van der Waals surface area contributed by atoms with Crippen molar-refractivity contribution in [3.8, 4) is 0 Å². The summed E-state index contributed by atoms with van der Waals surface area (Å²) >= 11 is 1.77. The van der Waals surface area contributed by atoms with Gasteiger partial charge in [0, 0.05) is 18.8 Å². The Hall–Kier alpha value is -0.960. The van der Waals surface area contributed by atoms with E-state index in [0.29, 0.717) is 5.92 Å². The molecule has 1 atom stereocenters. The van der Waals surface area contributed by atoms with Gasteiger partial charge in [0.1, 0.15) is 5.25 Å². The fourth-order valence-corrected chi connectivity index (χ4v) is 3.68. The zero-order chi connectivity index (χ0) is 13.8. The highest BCUT2D eigenvalue weighted by molar-refractivity contribution is 8.00. The number of hydrogen-bond acceptors (Lipinski definition) is 2. The van der Waals surface area contributed by atoms with Crippen LogP contribution in [0.3, 0.4) is 0 Å². The third-order valence-electron chi connectivity index (χ3n) is 3.49. The Morgan fingerprint density at radius 3 is 2.58 bits per heavy atom. The van der Waals surface area contributed by atoms with Crippen molar-refractivity contribution in [2.24, 2.45) is 5.92 Å². The maximum Gasteiger partial charge on any atom is 0.240 e. The second-order valence-corrected chi connectivity index (χ2v) is 6.72. The first kappa shape index (κ1) is 14.4. The van der Waals surface area contributed by atoms with Gasteiger partial charge < -0.3 is 4.90 Å². The van der Waals surface area contributed by atoms with E-state index < -0.39 is 0 Å². The number of carbonyl (C=O) groups is 1. The molecule has 3 heteroatoms. The summed E-state index contributed by atoms with van der Waals surface area (Å²) in [5, 5.41) is 0.00167. The molecule has 1 saturated heterocycles. The van der Waals surface area contributed by atoms with Crippen LogP contribution in [0.25, 0.3) is 0 Å². The molecule has 19 heavy (non-hydrogen) atoms. The summed E-state index contributed by atoms with van der Waals surface area (Å²) in [4.78, 5) is 14.3. The minimum atomic E-state index is 0.00167. The lowest BCUT2D eigenvalue weighted by Crippen LogP contribution is -2.39. The molecule has 2 rings (SSSR count). The van der Waals surface area contributed by atoms with E-state index in [0.717, 1.165) is 30.8 Å². The molecule has 0 bridgehead atoms. The van der Waals surface area contributed by atoms with Crippen LogP contribution in [0, 0.1) is 5.92 Å². The van der Waals surface area contributed by atoms with Crippen molar-refractivity contribution in [1.82, 2.24) is 4.90 Å². The Morgan fingerprint density at radius 1 is 1.32 bits per heavy atom. The van der Waals surface area contributed by atoms with Crippen LogP contribution in [0.15, 0.2) is 24.3 Å². The lowest BCUT2D eigenvalue weighted by atomic mass is 10.0. The van der Waals surface area contributed by atoms with Crippen molar-refractivity contribution in [2.75, 3.05) is 18.8 Å². The van der Waals surface area contributed by atoms with Crippen molar-refractivity contribution < 1.29 is 4.79 Å². The second-order valence-electron chi connectivity index (χ2n) is 5.51. The molecule has 0 saturated carbocycles. The van der Waals surface area contributed by atoms with Crippen LogP contribution in [0.2, 0.25) is 0 Å². The number of likely N-dealkylation sites (N-methyl/N-ethyl adjacent to an activating group) is 1. The number of hydrogen-bond donors (Lipinski definition) is 0. The van der Waals surface area contributed by atoms with Gasteiger partial charge in [0.2, 0.25) is 5.91 Å². The maximum atomic E-state index is 12.3. The van der Waals surface area contributed by atoms with Crippen LogP contribution in [0.4, 0.5) is 0 Å². The number of thioether (sulfide) groups is 1. The Bertz CT molecular complexity index is 427. The molecule has 1 unspecified atom stereocenters. The van der Waals surface area contributed by atoms with Crippen molar-refractivity contribution in [2.45, 2.75) is 32.4 Å². The second kappa shape index (κ2) is 6.47. The van der Waals surface area contributed by atoms with Crippen molar-refractivity contribution >= 4 is 17.7 Å². The van der Waals surface area contributed by atoms with Gasteiger partial charge >= 0.3 is 0 Å². The third-order valence-corrected chi connectivity index (χ3v) is 4.72. The lowest BCUT2D eigenvalue weighted by molar-refractivity contribution is -0.130. The summed E-state index contributed by atoms with van der Waals surface area (Å²) < 4.78 is 0. The first-order chi connectivity index (χ1) is 9.11. The van der Waals surface area contributed by atoms with Crippen LogP contribution < -0.4 is 0 Å². The summed E-state index contributed by atoms with van der Waals surface area (Å²) in [6.07, 6.45) is 1.10. The first-order valence-electron chi connectivity index (χ1n) is 7.11. The molecule has 1 aliphatic rings. The molecular weight excluding hydrogens is 254 g/mol. The summed E-state index contributed by atoms with van der Waals surface area (Å²) in [6, 6.07) is 8.61. The van der Waals surface area contributed by atoms with Gasteiger partial charge in [-0.15, -0.1) is 11.8 Å². The molecule has 2 nitrogen and oxygen atoms in total. The number of benzene rings is 1. The highest BCUT2D eigenvalue weighted by Crippen LogP contribution is 2.34. The normalized spacial score (nSPS) is 20.1. The Labute approximate surface area is 120 Å². The van der Waals surface area contributed by atoms with E-state index in [1.807, 2.05) is 4.90 Å². The van der Waals surface area contributed by atoms with Gasteiger partial charge in [0.05, 0.1) is 0 Å². The summed E-state index contributed by atoms with van der Waals surface area (Å²) in [5.41, 5.74) is 2.51. The predicted molar refractivity (Wildman–Crippen MR) is 82.4 cm³/mol. The maximum absolute atomic E-state index is 12.3. The molecule has 0 radical (unpaired) electrons. The van der Waals surface area contributed by atoms with Gasteiger partial charge in [0.15, 0.2) is 0 Å². The molecule has 104 valence electrons. The Kier molecular flexibility index (Phi) is 4.92. The third kappa shape index (κ3) is 3.53. The van der Waals surface area contributed by atoms with Crippen LogP contribution >= 0.6 is 11.8 Å². The molecule has 0 N–H and O–H groups in total. The summed E-state index contributed by atoms with van der Waals surface area (Å²) in [7, 11) is 0. The lowest BCUT2D eigenvalue weighted by Gasteiger charge is -2.31. The minimum absolute atomic E-state index is 0.00167. The molecule has 0 spiro atoms. The fourth-order valence-electron chi connectivity index (χ4n) is 2.48. The highest BCUT2D eigenvalue weighted by atomic mass is 32.2. The SMILES string of the molecule is CCN1CCSC(c2ccc(CC(C)C)cc2)C1=O. The van der Waals surface area contributed by atoms with Gasteiger partial charge in [-0.1, -0.05) is 38.1 Å². The van der Waals surface area contributed by atoms with Gasteiger partial charge in [-0.3, -0.25) is 4.79 Å². The van der Waals surface area contributed by atoms with E-state index in [4.69, 9.17) is 0 Å². The number of nitrogens with zero attached hydrogens (tertiary/aromatic N) is 1. The average molecular weight is 277 g/mol. The van der Waals surface area contributed by atoms with Gasteiger partial charge in [0.25, 0.3) is 0 Å². The van der Waals surface area contributed by atoms with E-state index in [1.165, 1.54) is 5.56 Å². The van der Waals surface area contributed by atoms with E-state index in [1.54, 1.807) is 11.8 Å². The number of amides is 1. The molecule has 1 heterocycles. The van der Waals surface area contributed by atoms with Crippen molar-refractivity contribution in [3.05, 3.63) is 35.4 Å². The van der Waals surface area contributed by atoms with E-state index >= 15 is 0 Å². The molecule has 0 aliphatic carbocycles. The Balaban J connectivity index is 2.11. The minimum Gasteiger partial charge on any atom is -0.341 e. The quantitative estimate of drug-likeness (QED) is 0.839. The molecule has 1 aromatic carbocycles. The first-order valence-corrected chi connectivity index (χ1v) is 8.16. The molecule has 0 aromatic heterocycles. The summed E-state index contributed by atoms with van der Waals surface area (Å²) in [5.74, 6) is 1.99. The van der Waals surface area contributed by atoms with Gasteiger partial charge in [-0.25, -0.2) is 0 Å². The van der Waals surface area contributed by atoms with Crippen LogP contribution in [0.5, 0.6) is 0 Å². The highest BCUT2D eigenvalue weighted by Gasteiger charge is 2.29. The predicted octanol–water partition coefficient (Wildman–Crippen LogP) is 3.52. The van der Waals surface area contributed by atoms with Gasteiger partial charge in [-0.05, 0) is 30.4 Å². The Morgan fingerprint density at radius 2 is 2.00 bits per heavy atom. The number of rotatable bonds is 4. The van der Waals surface area contributed by atoms with Crippen molar-refractivity contribution in [1.29, 1.82) is 0 Å². The number of carbonyl (C=O) groups excluding carboxylic acids is 1. The van der Waals surface area contributed by atoms with Crippen LogP contribution in [-0.2, 0) is 11.2 Å². The van der Waals surface area contributed by atoms with Crippen LogP contribution in [0.1, 0.15) is 37.1 Å². The van der Waals surface area contributed by atoms with E-state index in [-0.39, 0.29) is 11.2 Å². The monoisotopic (exact) mass is 277 g/mol. The average Bonchev–Trinajstić information content (AvgIpc) is 2.39. The molecule has 1 fully saturated rings. The van der Waals surface area contributed by atoms with E-state index in [2.05, 4.69) is 45.0 Å². The zero-order valence-corrected chi connectivity index (χ0v) is 12.9.